The van der Waals surface area contributed by atoms with Crippen LogP contribution >= 0.6 is 11.3 Å². The molecule has 23 heavy (non-hydrogen) atoms. The van der Waals surface area contributed by atoms with Gasteiger partial charge in [-0.1, -0.05) is 0 Å². The van der Waals surface area contributed by atoms with Gasteiger partial charge in [0.2, 0.25) is 5.91 Å². The Hall–Kier alpha value is -2.42. The number of hydrogen-bond acceptors (Lipinski definition) is 5. The van der Waals surface area contributed by atoms with E-state index in [2.05, 4.69) is 20.5 Å². The van der Waals surface area contributed by atoms with Gasteiger partial charge in [0.15, 0.2) is 0 Å². The number of anilines is 1. The summed E-state index contributed by atoms with van der Waals surface area (Å²) in [6.45, 7) is 5.10. The maximum absolute atomic E-state index is 12.5. The lowest BCUT2D eigenvalue weighted by Gasteiger charge is -2.39. The molecule has 0 aliphatic carbocycles. The Morgan fingerprint density at radius 2 is 2.26 bits per heavy atom. The SMILES string of the molecule is CC(=O)N1CCN(C(=O)Nc2cn[nH]c2-c2nccs2)[C@H](C)C1. The van der Waals surface area contributed by atoms with E-state index < -0.39 is 0 Å². The molecule has 2 aromatic rings. The summed E-state index contributed by atoms with van der Waals surface area (Å²) in [7, 11) is 0. The first-order valence-electron chi connectivity index (χ1n) is 7.32. The first-order valence-corrected chi connectivity index (χ1v) is 8.20. The average Bonchev–Trinajstić information content (AvgIpc) is 3.17. The number of nitrogens with zero attached hydrogens (tertiary/aromatic N) is 4. The van der Waals surface area contributed by atoms with Crippen molar-refractivity contribution in [3.8, 4) is 10.7 Å². The molecule has 8 nitrogen and oxygen atoms in total. The highest BCUT2D eigenvalue weighted by molar-refractivity contribution is 7.13. The van der Waals surface area contributed by atoms with Gasteiger partial charge in [-0.25, -0.2) is 9.78 Å². The molecule has 0 unspecified atom stereocenters. The molecule has 3 rings (SSSR count). The van der Waals surface area contributed by atoms with Crippen molar-refractivity contribution in [3.63, 3.8) is 0 Å². The van der Waals surface area contributed by atoms with E-state index in [4.69, 9.17) is 0 Å². The maximum Gasteiger partial charge on any atom is 0.322 e. The number of piperazine rings is 1. The summed E-state index contributed by atoms with van der Waals surface area (Å²) in [6, 6.07) is -0.234. The molecule has 3 heterocycles. The lowest BCUT2D eigenvalue weighted by atomic mass is 10.2. The summed E-state index contributed by atoms with van der Waals surface area (Å²) in [4.78, 5) is 31.7. The van der Waals surface area contributed by atoms with Gasteiger partial charge >= 0.3 is 6.03 Å². The monoisotopic (exact) mass is 334 g/mol. The van der Waals surface area contributed by atoms with Crippen molar-refractivity contribution in [2.45, 2.75) is 19.9 Å². The van der Waals surface area contributed by atoms with E-state index in [1.165, 1.54) is 11.3 Å². The maximum atomic E-state index is 12.5. The second kappa shape index (κ2) is 6.37. The predicted octanol–water partition coefficient (Wildman–Crippen LogP) is 1.62. The van der Waals surface area contributed by atoms with Gasteiger partial charge in [-0.2, -0.15) is 5.10 Å². The molecule has 0 spiro atoms. The summed E-state index contributed by atoms with van der Waals surface area (Å²) >= 11 is 1.47. The van der Waals surface area contributed by atoms with Gasteiger partial charge in [0.1, 0.15) is 10.7 Å². The van der Waals surface area contributed by atoms with E-state index in [-0.39, 0.29) is 18.0 Å². The van der Waals surface area contributed by atoms with Crippen LogP contribution in [0.25, 0.3) is 10.7 Å². The molecule has 1 aliphatic rings. The van der Waals surface area contributed by atoms with Crippen LogP contribution in [-0.2, 0) is 4.79 Å². The van der Waals surface area contributed by atoms with Gasteiger partial charge in [0.05, 0.1) is 11.9 Å². The molecule has 1 saturated heterocycles. The lowest BCUT2D eigenvalue weighted by molar-refractivity contribution is -0.131. The highest BCUT2D eigenvalue weighted by Gasteiger charge is 2.29. The molecule has 0 bridgehead atoms. The molecular formula is C14H18N6O2S. The fourth-order valence-corrected chi connectivity index (χ4v) is 3.27. The Balaban J connectivity index is 1.69. The van der Waals surface area contributed by atoms with Crippen LogP contribution in [0, 0.1) is 0 Å². The van der Waals surface area contributed by atoms with Gasteiger partial charge in [0, 0.05) is 44.2 Å². The van der Waals surface area contributed by atoms with E-state index >= 15 is 0 Å². The minimum absolute atomic E-state index is 0.0390. The number of hydrogen-bond donors (Lipinski definition) is 2. The van der Waals surface area contributed by atoms with Crippen molar-refractivity contribution in [3.05, 3.63) is 17.8 Å². The number of H-pyrrole nitrogens is 1. The van der Waals surface area contributed by atoms with Crippen LogP contribution in [0.1, 0.15) is 13.8 Å². The molecule has 3 amide bonds. The van der Waals surface area contributed by atoms with Crippen molar-refractivity contribution < 1.29 is 9.59 Å². The quantitative estimate of drug-likeness (QED) is 0.872. The Labute approximate surface area is 137 Å². The van der Waals surface area contributed by atoms with Crippen LogP contribution in [0.4, 0.5) is 10.5 Å². The minimum atomic E-state index is -0.195. The third-order valence-corrected chi connectivity index (χ3v) is 4.65. The van der Waals surface area contributed by atoms with Gasteiger partial charge in [-0.15, -0.1) is 11.3 Å². The average molecular weight is 334 g/mol. The number of aromatic nitrogens is 3. The Morgan fingerprint density at radius 3 is 2.91 bits per heavy atom. The first-order chi connectivity index (χ1) is 11.1. The fraction of sp³-hybridized carbons (Fsp3) is 0.429. The van der Waals surface area contributed by atoms with Crippen LogP contribution in [0.3, 0.4) is 0 Å². The van der Waals surface area contributed by atoms with Gasteiger partial charge in [0.25, 0.3) is 0 Å². The highest BCUT2D eigenvalue weighted by atomic mass is 32.1. The molecule has 2 N–H and O–H groups in total. The summed E-state index contributed by atoms with van der Waals surface area (Å²) in [5.41, 5.74) is 1.30. The summed E-state index contributed by atoms with van der Waals surface area (Å²) < 4.78 is 0. The van der Waals surface area contributed by atoms with Crippen LogP contribution in [0.5, 0.6) is 0 Å². The zero-order valence-corrected chi connectivity index (χ0v) is 13.8. The molecule has 1 atom stereocenters. The molecule has 1 fully saturated rings. The van der Waals surface area contributed by atoms with Crippen molar-refractivity contribution in [2.24, 2.45) is 0 Å². The number of nitrogens with one attached hydrogen (secondary N) is 2. The van der Waals surface area contributed by atoms with E-state index in [9.17, 15) is 9.59 Å². The van der Waals surface area contributed by atoms with Crippen LogP contribution in [0.2, 0.25) is 0 Å². The predicted molar refractivity (Wildman–Crippen MR) is 87.1 cm³/mol. The third-order valence-electron chi connectivity index (χ3n) is 3.86. The Bertz CT molecular complexity index is 698. The fourth-order valence-electron chi connectivity index (χ4n) is 2.62. The van der Waals surface area contributed by atoms with Crippen LogP contribution in [-0.4, -0.2) is 62.6 Å². The van der Waals surface area contributed by atoms with Gasteiger partial charge in [-0.3, -0.25) is 9.89 Å². The number of aromatic amines is 1. The van der Waals surface area contributed by atoms with E-state index in [0.717, 1.165) is 5.01 Å². The second-order valence-corrected chi connectivity index (χ2v) is 6.33. The van der Waals surface area contributed by atoms with Crippen molar-refractivity contribution >= 4 is 29.0 Å². The van der Waals surface area contributed by atoms with E-state index in [0.29, 0.717) is 31.0 Å². The van der Waals surface area contributed by atoms with Crippen molar-refractivity contribution in [2.75, 3.05) is 25.0 Å². The number of thiazole rings is 1. The van der Waals surface area contributed by atoms with Crippen LogP contribution < -0.4 is 5.32 Å². The van der Waals surface area contributed by atoms with E-state index in [1.807, 2.05) is 12.3 Å². The molecule has 9 heteroatoms. The van der Waals surface area contributed by atoms with Gasteiger partial charge < -0.3 is 15.1 Å². The number of rotatable bonds is 2. The minimum Gasteiger partial charge on any atom is -0.339 e. The Morgan fingerprint density at radius 1 is 1.43 bits per heavy atom. The number of urea groups is 1. The first kappa shape index (κ1) is 15.5. The summed E-state index contributed by atoms with van der Waals surface area (Å²) in [5.74, 6) is 0.0396. The molecule has 122 valence electrons. The largest absolute Gasteiger partial charge is 0.339 e. The molecule has 1 aliphatic heterocycles. The number of carbonyl (C=O) groups excluding carboxylic acids is 2. The number of carbonyl (C=O) groups is 2. The molecule has 2 aromatic heterocycles. The molecule has 0 radical (unpaired) electrons. The lowest BCUT2D eigenvalue weighted by Crippen LogP contribution is -2.56. The van der Waals surface area contributed by atoms with Gasteiger partial charge in [-0.05, 0) is 6.92 Å². The van der Waals surface area contributed by atoms with Crippen molar-refractivity contribution in [1.29, 1.82) is 0 Å². The van der Waals surface area contributed by atoms with Crippen LogP contribution in [0.15, 0.2) is 17.8 Å². The summed E-state index contributed by atoms with van der Waals surface area (Å²) in [5, 5.41) is 12.4. The standard InChI is InChI=1S/C14H18N6O2S/c1-9-8-19(10(2)21)4-5-20(9)14(22)17-11-7-16-18-12(11)13-15-3-6-23-13/h3,6-7,9H,4-5,8H2,1-2H3,(H,16,18)(H,17,22)/t9-/m1/s1. The topological polar surface area (TPSA) is 94.2 Å². The zero-order valence-electron chi connectivity index (χ0n) is 12.9. The van der Waals surface area contributed by atoms with E-state index in [1.54, 1.807) is 29.1 Å². The van der Waals surface area contributed by atoms with Crippen molar-refractivity contribution in [1.82, 2.24) is 25.0 Å². The number of amides is 3. The zero-order chi connectivity index (χ0) is 16.4. The second-order valence-electron chi connectivity index (χ2n) is 5.43. The highest BCUT2D eigenvalue weighted by Crippen LogP contribution is 2.27. The third kappa shape index (κ3) is 3.19. The normalized spacial score (nSPS) is 18.1. The smallest absolute Gasteiger partial charge is 0.322 e. The molecule has 0 saturated carbocycles. The summed E-state index contributed by atoms with van der Waals surface area (Å²) in [6.07, 6.45) is 3.28. The molecular weight excluding hydrogens is 316 g/mol. The molecule has 0 aromatic carbocycles. The Kier molecular flexibility index (Phi) is 4.28.